The Kier molecular flexibility index (Phi) is 4.97. The van der Waals surface area contributed by atoms with Crippen LogP contribution in [0.5, 0.6) is 0 Å². The van der Waals surface area contributed by atoms with E-state index in [-0.39, 0.29) is 41.6 Å². The van der Waals surface area contributed by atoms with Crippen LogP contribution in [0.15, 0.2) is 35.3 Å². The summed E-state index contributed by atoms with van der Waals surface area (Å²) in [6, 6.07) is 2.99. The SMILES string of the molecule is NC1[C@@H](C=O)[C@H]1CNc1nc2c(cc1F)c(=O)c(C(=O)O)cn2-c1ccc(F)cc1F. The summed E-state index contributed by atoms with van der Waals surface area (Å²) in [6.45, 7) is 0.127. The zero-order valence-corrected chi connectivity index (χ0v) is 15.7. The monoisotopic (exact) mass is 432 g/mol. The molecule has 3 atom stereocenters. The van der Waals surface area contributed by atoms with Crippen LogP contribution in [0.2, 0.25) is 0 Å². The molecule has 4 N–H and O–H groups in total. The van der Waals surface area contributed by atoms with Crippen molar-refractivity contribution in [3.63, 3.8) is 0 Å². The van der Waals surface area contributed by atoms with Crippen molar-refractivity contribution in [3.05, 3.63) is 63.7 Å². The van der Waals surface area contributed by atoms with E-state index in [1.54, 1.807) is 0 Å². The van der Waals surface area contributed by atoms with Crippen LogP contribution in [0.3, 0.4) is 0 Å². The quantitative estimate of drug-likeness (QED) is 0.506. The summed E-state index contributed by atoms with van der Waals surface area (Å²) in [5.41, 5.74) is 3.47. The van der Waals surface area contributed by atoms with E-state index >= 15 is 0 Å². The van der Waals surface area contributed by atoms with Crippen LogP contribution in [0.1, 0.15) is 10.4 Å². The molecular formula is C20H15F3N4O4. The molecule has 1 aliphatic carbocycles. The molecule has 8 nitrogen and oxygen atoms in total. The fourth-order valence-electron chi connectivity index (χ4n) is 3.47. The van der Waals surface area contributed by atoms with Gasteiger partial charge >= 0.3 is 5.97 Å². The highest BCUT2D eigenvalue weighted by atomic mass is 19.1. The molecule has 160 valence electrons. The van der Waals surface area contributed by atoms with Crippen molar-refractivity contribution in [1.29, 1.82) is 0 Å². The lowest BCUT2D eigenvalue weighted by atomic mass is 10.1. The number of carbonyl (C=O) groups excluding carboxylic acids is 1. The summed E-state index contributed by atoms with van der Waals surface area (Å²) in [7, 11) is 0. The maximum atomic E-state index is 14.6. The number of hydrogen-bond donors (Lipinski definition) is 3. The lowest BCUT2D eigenvalue weighted by Crippen LogP contribution is -2.20. The number of pyridine rings is 2. The van der Waals surface area contributed by atoms with Gasteiger partial charge in [0.25, 0.3) is 0 Å². The second kappa shape index (κ2) is 7.51. The molecule has 1 fully saturated rings. The number of halogens is 3. The Bertz CT molecular complexity index is 1290. The molecule has 4 rings (SSSR count). The van der Waals surface area contributed by atoms with Crippen LogP contribution < -0.4 is 16.5 Å². The molecule has 1 saturated carbocycles. The fraction of sp³-hybridized carbons (Fsp3) is 0.200. The molecule has 1 unspecified atom stereocenters. The average Bonchev–Trinajstić information content (AvgIpc) is 3.35. The highest BCUT2D eigenvalue weighted by Crippen LogP contribution is 2.35. The van der Waals surface area contributed by atoms with Gasteiger partial charge in [0.15, 0.2) is 17.3 Å². The van der Waals surface area contributed by atoms with Gasteiger partial charge in [0.1, 0.15) is 23.5 Å². The number of nitrogens with two attached hydrogens (primary N) is 1. The number of carbonyl (C=O) groups is 2. The van der Waals surface area contributed by atoms with Crippen molar-refractivity contribution < 1.29 is 27.9 Å². The number of fused-ring (bicyclic) bond motifs is 1. The lowest BCUT2D eigenvalue weighted by molar-refractivity contribution is -0.109. The Labute approximate surface area is 172 Å². The predicted octanol–water partition coefficient (Wildman–Crippen LogP) is 1.69. The van der Waals surface area contributed by atoms with E-state index in [1.165, 1.54) is 0 Å². The largest absolute Gasteiger partial charge is 0.477 e. The van der Waals surface area contributed by atoms with Gasteiger partial charge in [-0.05, 0) is 18.2 Å². The molecule has 3 aromatic rings. The van der Waals surface area contributed by atoms with E-state index in [4.69, 9.17) is 5.73 Å². The van der Waals surface area contributed by atoms with Gasteiger partial charge in [0, 0.05) is 36.7 Å². The van der Waals surface area contributed by atoms with Crippen molar-refractivity contribution in [3.8, 4) is 5.69 Å². The number of nitrogens with zero attached hydrogens (tertiary/aromatic N) is 2. The minimum absolute atomic E-state index is 0.127. The molecule has 31 heavy (non-hydrogen) atoms. The number of anilines is 1. The molecule has 0 spiro atoms. The number of nitrogens with one attached hydrogen (secondary N) is 1. The van der Waals surface area contributed by atoms with Crippen LogP contribution in [0.25, 0.3) is 16.7 Å². The lowest BCUT2D eigenvalue weighted by Gasteiger charge is -2.14. The summed E-state index contributed by atoms with van der Waals surface area (Å²) in [5.74, 6) is -5.34. The van der Waals surface area contributed by atoms with Gasteiger partial charge in [-0.1, -0.05) is 0 Å². The zero-order chi connectivity index (χ0) is 22.4. The number of aromatic carboxylic acids is 1. The number of carboxylic acid groups (broad SMARTS) is 1. The van der Waals surface area contributed by atoms with Crippen molar-refractivity contribution in [1.82, 2.24) is 9.55 Å². The summed E-state index contributed by atoms with van der Waals surface area (Å²) in [4.78, 5) is 38.9. The molecule has 0 aliphatic heterocycles. The number of benzene rings is 1. The molecule has 2 heterocycles. The highest BCUT2D eigenvalue weighted by molar-refractivity contribution is 5.92. The molecule has 1 aromatic carbocycles. The van der Waals surface area contributed by atoms with Gasteiger partial charge in [0.05, 0.1) is 11.1 Å². The molecule has 0 radical (unpaired) electrons. The van der Waals surface area contributed by atoms with Gasteiger partial charge in [-0.3, -0.25) is 9.36 Å². The van der Waals surface area contributed by atoms with Crippen molar-refractivity contribution in [2.24, 2.45) is 17.6 Å². The first kappa shape index (κ1) is 20.5. The third kappa shape index (κ3) is 3.52. The van der Waals surface area contributed by atoms with Gasteiger partial charge in [-0.25, -0.2) is 22.9 Å². The molecule has 1 aliphatic rings. The molecule has 0 amide bonds. The van der Waals surface area contributed by atoms with E-state index in [9.17, 15) is 32.7 Å². The molecule has 2 aromatic heterocycles. The Hall–Kier alpha value is -3.73. The van der Waals surface area contributed by atoms with Crippen LogP contribution >= 0.6 is 0 Å². The average molecular weight is 432 g/mol. The fourth-order valence-corrected chi connectivity index (χ4v) is 3.47. The Morgan fingerprint density at radius 2 is 2.00 bits per heavy atom. The summed E-state index contributed by atoms with van der Waals surface area (Å²) in [6.07, 6.45) is 1.56. The first-order valence-corrected chi connectivity index (χ1v) is 9.12. The van der Waals surface area contributed by atoms with Gasteiger partial charge in [0.2, 0.25) is 5.43 Å². The van der Waals surface area contributed by atoms with Crippen molar-refractivity contribution in [2.45, 2.75) is 6.04 Å². The van der Waals surface area contributed by atoms with Crippen molar-refractivity contribution >= 4 is 29.1 Å². The molecule has 0 saturated heterocycles. The second-order valence-electron chi connectivity index (χ2n) is 7.17. The summed E-state index contributed by atoms with van der Waals surface area (Å²) < 4.78 is 43.3. The summed E-state index contributed by atoms with van der Waals surface area (Å²) in [5, 5.41) is 11.6. The number of hydrogen-bond acceptors (Lipinski definition) is 6. The minimum atomic E-state index is -1.60. The van der Waals surface area contributed by atoms with Crippen LogP contribution in [0, 0.1) is 29.3 Å². The number of rotatable bonds is 6. The predicted molar refractivity (Wildman–Crippen MR) is 104 cm³/mol. The Morgan fingerprint density at radius 3 is 2.61 bits per heavy atom. The zero-order valence-electron chi connectivity index (χ0n) is 15.7. The number of aromatic nitrogens is 2. The van der Waals surface area contributed by atoms with Gasteiger partial charge in [-0.15, -0.1) is 0 Å². The third-order valence-electron chi connectivity index (χ3n) is 5.29. The van der Waals surface area contributed by atoms with E-state index < -0.39 is 39.8 Å². The normalized spacial score (nSPS) is 19.9. The van der Waals surface area contributed by atoms with E-state index in [0.717, 1.165) is 29.0 Å². The van der Waals surface area contributed by atoms with E-state index in [2.05, 4.69) is 10.3 Å². The van der Waals surface area contributed by atoms with Crippen LogP contribution in [-0.4, -0.2) is 39.5 Å². The first-order valence-electron chi connectivity index (χ1n) is 9.12. The second-order valence-corrected chi connectivity index (χ2v) is 7.17. The minimum Gasteiger partial charge on any atom is -0.477 e. The number of aldehydes is 1. The van der Waals surface area contributed by atoms with E-state index in [1.807, 2.05) is 0 Å². The number of carboxylic acids is 1. The maximum absolute atomic E-state index is 14.6. The first-order chi connectivity index (χ1) is 14.7. The topological polar surface area (TPSA) is 127 Å². The Morgan fingerprint density at radius 1 is 1.26 bits per heavy atom. The highest BCUT2D eigenvalue weighted by Gasteiger charge is 2.47. The Balaban J connectivity index is 1.88. The molecule has 0 bridgehead atoms. The molecule has 11 heteroatoms. The van der Waals surface area contributed by atoms with Crippen LogP contribution in [0.4, 0.5) is 19.0 Å². The summed E-state index contributed by atoms with van der Waals surface area (Å²) >= 11 is 0. The standard InChI is InChI=1S/C20H15F3N4O4/c21-8-1-2-15(13(22)3-8)27-6-11(20(30)31)17(29)9-4-14(23)18(26-19(9)27)25-5-10-12(7-28)16(10)24/h1-4,6-7,10,12,16H,5,24H2,(H,25,26)(H,30,31)/t10-,12+,16?/m1/s1. The third-order valence-corrected chi connectivity index (χ3v) is 5.29. The van der Waals surface area contributed by atoms with Crippen molar-refractivity contribution in [2.75, 3.05) is 11.9 Å². The van der Waals surface area contributed by atoms with Crippen LogP contribution in [-0.2, 0) is 4.79 Å². The maximum Gasteiger partial charge on any atom is 0.341 e. The van der Waals surface area contributed by atoms with Gasteiger partial charge < -0.3 is 21.0 Å². The smallest absolute Gasteiger partial charge is 0.341 e. The van der Waals surface area contributed by atoms with E-state index in [0.29, 0.717) is 12.4 Å². The van der Waals surface area contributed by atoms with Gasteiger partial charge in [-0.2, -0.15) is 0 Å². The molecular weight excluding hydrogens is 417 g/mol.